The summed E-state index contributed by atoms with van der Waals surface area (Å²) in [6.45, 7) is 0.111. The molecule has 0 atom stereocenters. The number of rotatable bonds is 2. The van der Waals surface area contributed by atoms with Gasteiger partial charge in [0.1, 0.15) is 0 Å². The monoisotopic (exact) mass is 187 g/mol. The molecule has 0 bridgehead atoms. The second-order valence-corrected chi connectivity index (χ2v) is 3.69. The summed E-state index contributed by atoms with van der Waals surface area (Å²) < 4.78 is 21.7. The van der Waals surface area contributed by atoms with Gasteiger partial charge >= 0.3 is 0 Å². The standard InChI is InChI=1S/C6H9N3O2S/c7-4-5-2-1-3-9-6(5)12(8,10)11/h1-3H,4,7H2,(H2,8,10,11). The first-order valence-corrected chi connectivity index (χ1v) is 4.77. The van der Waals surface area contributed by atoms with E-state index in [0.717, 1.165) is 0 Å². The first-order valence-electron chi connectivity index (χ1n) is 3.22. The Bertz CT molecular complexity index is 374. The van der Waals surface area contributed by atoms with E-state index in [1.165, 1.54) is 6.20 Å². The molecule has 0 fully saturated rings. The van der Waals surface area contributed by atoms with Gasteiger partial charge in [0.25, 0.3) is 10.0 Å². The molecule has 66 valence electrons. The summed E-state index contributed by atoms with van der Waals surface area (Å²) in [6.07, 6.45) is 1.36. The topological polar surface area (TPSA) is 99.1 Å². The highest BCUT2D eigenvalue weighted by Gasteiger charge is 2.13. The molecule has 6 heteroatoms. The number of nitrogens with two attached hydrogens (primary N) is 2. The van der Waals surface area contributed by atoms with E-state index in [9.17, 15) is 8.42 Å². The Labute approximate surface area is 70.5 Å². The van der Waals surface area contributed by atoms with Crippen LogP contribution in [0.1, 0.15) is 5.56 Å². The molecule has 0 saturated carbocycles. The second kappa shape index (κ2) is 3.18. The van der Waals surface area contributed by atoms with Crippen molar-refractivity contribution in [2.75, 3.05) is 0 Å². The molecule has 0 amide bonds. The van der Waals surface area contributed by atoms with Crippen molar-refractivity contribution in [3.63, 3.8) is 0 Å². The van der Waals surface area contributed by atoms with Crippen LogP contribution in [0.4, 0.5) is 0 Å². The van der Waals surface area contributed by atoms with Crippen LogP contribution < -0.4 is 10.9 Å². The largest absolute Gasteiger partial charge is 0.326 e. The van der Waals surface area contributed by atoms with Crippen LogP contribution in [0, 0.1) is 0 Å². The van der Waals surface area contributed by atoms with Crippen molar-refractivity contribution >= 4 is 10.0 Å². The van der Waals surface area contributed by atoms with Gasteiger partial charge in [-0.15, -0.1) is 0 Å². The van der Waals surface area contributed by atoms with Crippen LogP contribution in [-0.2, 0) is 16.6 Å². The highest BCUT2D eigenvalue weighted by atomic mass is 32.2. The SMILES string of the molecule is NCc1cccnc1S(N)(=O)=O. The molecule has 0 aliphatic rings. The first kappa shape index (κ1) is 9.11. The number of hydrogen-bond donors (Lipinski definition) is 2. The minimum absolute atomic E-state index is 0.111. The number of pyridine rings is 1. The van der Waals surface area contributed by atoms with E-state index in [1.807, 2.05) is 0 Å². The maximum atomic E-state index is 10.9. The lowest BCUT2D eigenvalue weighted by atomic mass is 10.3. The average molecular weight is 187 g/mol. The fourth-order valence-corrected chi connectivity index (χ4v) is 1.56. The minimum Gasteiger partial charge on any atom is -0.326 e. The third kappa shape index (κ3) is 1.79. The summed E-state index contributed by atoms with van der Waals surface area (Å²) >= 11 is 0. The van der Waals surface area contributed by atoms with Crippen molar-refractivity contribution in [1.29, 1.82) is 0 Å². The molecule has 0 aliphatic heterocycles. The number of sulfonamides is 1. The fourth-order valence-electron chi connectivity index (χ4n) is 0.836. The first-order chi connectivity index (χ1) is 5.55. The van der Waals surface area contributed by atoms with E-state index in [4.69, 9.17) is 10.9 Å². The Balaban J connectivity index is 3.33. The molecular weight excluding hydrogens is 178 g/mol. The van der Waals surface area contributed by atoms with Gasteiger partial charge in [-0.05, 0) is 6.07 Å². The van der Waals surface area contributed by atoms with Crippen LogP contribution in [0.2, 0.25) is 0 Å². The molecule has 5 nitrogen and oxygen atoms in total. The second-order valence-electron chi connectivity index (χ2n) is 2.22. The molecular formula is C6H9N3O2S. The highest BCUT2D eigenvalue weighted by Crippen LogP contribution is 2.08. The molecule has 1 aromatic heterocycles. The van der Waals surface area contributed by atoms with Crippen molar-refractivity contribution in [3.8, 4) is 0 Å². The van der Waals surface area contributed by atoms with Crippen LogP contribution in [-0.4, -0.2) is 13.4 Å². The lowest BCUT2D eigenvalue weighted by Gasteiger charge is -2.01. The molecule has 12 heavy (non-hydrogen) atoms. The van der Waals surface area contributed by atoms with Gasteiger partial charge in [0.2, 0.25) is 0 Å². The normalized spacial score (nSPS) is 11.5. The van der Waals surface area contributed by atoms with Crippen LogP contribution in [0.15, 0.2) is 23.4 Å². The summed E-state index contributed by atoms with van der Waals surface area (Å²) in [5.74, 6) is 0. The molecule has 1 rings (SSSR count). The van der Waals surface area contributed by atoms with Gasteiger partial charge in [0.05, 0.1) is 0 Å². The van der Waals surface area contributed by atoms with Gasteiger partial charge in [0, 0.05) is 18.3 Å². The number of primary sulfonamides is 1. The molecule has 1 heterocycles. The fraction of sp³-hybridized carbons (Fsp3) is 0.167. The van der Waals surface area contributed by atoms with E-state index in [-0.39, 0.29) is 11.6 Å². The molecule has 0 unspecified atom stereocenters. The van der Waals surface area contributed by atoms with E-state index < -0.39 is 10.0 Å². The van der Waals surface area contributed by atoms with Crippen LogP contribution in [0.3, 0.4) is 0 Å². The van der Waals surface area contributed by atoms with Crippen LogP contribution >= 0.6 is 0 Å². The van der Waals surface area contributed by atoms with Crippen molar-refractivity contribution < 1.29 is 8.42 Å². The van der Waals surface area contributed by atoms with Crippen molar-refractivity contribution in [2.45, 2.75) is 11.6 Å². The summed E-state index contributed by atoms with van der Waals surface area (Å²) in [6, 6.07) is 3.18. The van der Waals surface area contributed by atoms with Crippen molar-refractivity contribution in [2.24, 2.45) is 10.9 Å². The van der Waals surface area contributed by atoms with Crippen molar-refractivity contribution in [1.82, 2.24) is 4.98 Å². The third-order valence-electron chi connectivity index (χ3n) is 1.34. The molecule has 1 aromatic rings. The summed E-state index contributed by atoms with van der Waals surface area (Å²) in [7, 11) is -3.74. The maximum absolute atomic E-state index is 10.9. The third-order valence-corrected chi connectivity index (χ3v) is 2.25. The van der Waals surface area contributed by atoms with Crippen LogP contribution in [0.25, 0.3) is 0 Å². The summed E-state index contributed by atoms with van der Waals surface area (Å²) in [4.78, 5) is 3.63. The van der Waals surface area contributed by atoms with Gasteiger partial charge in [-0.25, -0.2) is 18.5 Å². The smallest absolute Gasteiger partial charge is 0.255 e. The van der Waals surface area contributed by atoms with Gasteiger partial charge in [0.15, 0.2) is 5.03 Å². The Morgan fingerprint density at radius 2 is 2.17 bits per heavy atom. The zero-order valence-corrected chi connectivity index (χ0v) is 7.08. The van der Waals surface area contributed by atoms with Gasteiger partial charge in [-0.1, -0.05) is 6.07 Å². The molecule has 0 saturated heterocycles. The van der Waals surface area contributed by atoms with Gasteiger partial charge in [-0.2, -0.15) is 0 Å². The molecule has 0 spiro atoms. The molecule has 0 aliphatic carbocycles. The average Bonchev–Trinajstić information content (AvgIpc) is 2.03. The predicted molar refractivity (Wildman–Crippen MR) is 43.5 cm³/mol. The number of aromatic nitrogens is 1. The molecule has 0 radical (unpaired) electrons. The van der Waals surface area contributed by atoms with E-state index in [2.05, 4.69) is 4.98 Å². The van der Waals surface area contributed by atoms with E-state index in [0.29, 0.717) is 5.56 Å². The van der Waals surface area contributed by atoms with Crippen LogP contribution in [0.5, 0.6) is 0 Å². The zero-order valence-electron chi connectivity index (χ0n) is 6.27. The molecule has 4 N–H and O–H groups in total. The summed E-state index contributed by atoms with van der Waals surface area (Å²) in [5, 5.41) is 4.74. The minimum atomic E-state index is -3.74. The highest BCUT2D eigenvalue weighted by molar-refractivity contribution is 7.89. The number of nitrogens with zero attached hydrogens (tertiary/aromatic N) is 1. The number of hydrogen-bond acceptors (Lipinski definition) is 4. The van der Waals surface area contributed by atoms with E-state index in [1.54, 1.807) is 12.1 Å². The predicted octanol–water partition coefficient (Wildman–Crippen LogP) is -0.812. The Kier molecular flexibility index (Phi) is 2.41. The van der Waals surface area contributed by atoms with Crippen molar-refractivity contribution in [3.05, 3.63) is 23.9 Å². The lowest BCUT2D eigenvalue weighted by molar-refractivity contribution is 0.592. The van der Waals surface area contributed by atoms with Gasteiger partial charge in [-0.3, -0.25) is 0 Å². The van der Waals surface area contributed by atoms with Gasteiger partial charge < -0.3 is 5.73 Å². The van der Waals surface area contributed by atoms with E-state index >= 15 is 0 Å². The summed E-state index contributed by atoms with van der Waals surface area (Å²) in [5.41, 5.74) is 5.72. The quantitative estimate of drug-likeness (QED) is 0.632. The zero-order chi connectivity index (χ0) is 9.19. The Morgan fingerprint density at radius 3 is 2.58 bits per heavy atom. The Morgan fingerprint density at radius 1 is 1.50 bits per heavy atom. The Hall–Kier alpha value is -0.980. The maximum Gasteiger partial charge on any atom is 0.255 e. The lowest BCUT2D eigenvalue weighted by Crippen LogP contribution is -2.17. The molecule has 0 aromatic carbocycles.